The van der Waals surface area contributed by atoms with E-state index in [4.69, 9.17) is 10.5 Å². The number of rotatable bonds is 9. The zero-order valence-electron chi connectivity index (χ0n) is 14.6. The van der Waals surface area contributed by atoms with Crippen LogP contribution in [0.15, 0.2) is 22.5 Å². The SMILES string of the molecule is CCCCCCNC(N)=NCC(c1cccs1)N1CCOCC1.I. The van der Waals surface area contributed by atoms with E-state index in [0.29, 0.717) is 18.5 Å². The molecule has 3 N–H and O–H groups in total. The lowest BCUT2D eigenvalue weighted by molar-refractivity contribution is 0.0187. The maximum absolute atomic E-state index is 6.02. The van der Waals surface area contributed by atoms with E-state index in [0.717, 1.165) is 39.3 Å². The Morgan fingerprint density at radius 1 is 1.38 bits per heavy atom. The third-order valence-corrected chi connectivity index (χ3v) is 5.10. The Kier molecular flexibility index (Phi) is 11.7. The standard InChI is InChI=1S/C17H30N4OS.HI/c1-2-3-4-5-8-19-17(18)20-14-15(16-7-6-13-23-16)21-9-11-22-12-10-21;/h6-7,13,15H,2-5,8-12,14H2,1H3,(H3,18,19,20);1H. The van der Waals surface area contributed by atoms with Crippen molar-refractivity contribution >= 4 is 41.3 Å². The second-order valence-corrected chi connectivity index (χ2v) is 6.87. The number of ether oxygens (including phenoxy) is 1. The first-order valence-corrected chi connectivity index (χ1v) is 9.58. The minimum atomic E-state index is 0. The highest BCUT2D eigenvalue weighted by Crippen LogP contribution is 2.26. The molecule has 1 aliphatic rings. The summed E-state index contributed by atoms with van der Waals surface area (Å²) in [6.45, 7) is 7.36. The Labute approximate surface area is 167 Å². The van der Waals surface area contributed by atoms with Crippen molar-refractivity contribution in [2.24, 2.45) is 10.7 Å². The number of aliphatic imine (C=N–C) groups is 1. The zero-order chi connectivity index (χ0) is 16.3. The van der Waals surface area contributed by atoms with E-state index >= 15 is 0 Å². The lowest BCUT2D eigenvalue weighted by atomic mass is 10.2. The molecule has 0 spiro atoms. The molecule has 2 heterocycles. The van der Waals surface area contributed by atoms with Gasteiger partial charge in [0.15, 0.2) is 5.96 Å². The Bertz CT molecular complexity index is 449. The number of thiophene rings is 1. The molecule has 1 aromatic rings. The summed E-state index contributed by atoms with van der Waals surface area (Å²) in [5.74, 6) is 0.566. The lowest BCUT2D eigenvalue weighted by Gasteiger charge is -2.33. The highest BCUT2D eigenvalue weighted by Gasteiger charge is 2.23. The first-order chi connectivity index (χ1) is 11.3. The predicted molar refractivity (Wildman–Crippen MR) is 114 cm³/mol. The Morgan fingerprint density at radius 3 is 2.83 bits per heavy atom. The topological polar surface area (TPSA) is 62.9 Å². The number of hydrogen-bond acceptors (Lipinski definition) is 4. The van der Waals surface area contributed by atoms with Crippen LogP contribution in [0, 0.1) is 0 Å². The maximum atomic E-state index is 6.02. The van der Waals surface area contributed by atoms with Gasteiger partial charge in [-0.25, -0.2) is 0 Å². The Hall–Kier alpha value is -0.380. The van der Waals surface area contributed by atoms with Crippen LogP contribution >= 0.6 is 35.3 Å². The number of guanidine groups is 1. The smallest absolute Gasteiger partial charge is 0.188 e. The van der Waals surface area contributed by atoms with Gasteiger partial charge in [-0.3, -0.25) is 9.89 Å². The fourth-order valence-electron chi connectivity index (χ4n) is 2.76. The van der Waals surface area contributed by atoms with Gasteiger partial charge >= 0.3 is 0 Å². The molecule has 1 atom stereocenters. The van der Waals surface area contributed by atoms with E-state index in [1.54, 1.807) is 11.3 Å². The molecular weight excluding hydrogens is 435 g/mol. The van der Waals surface area contributed by atoms with Crippen molar-refractivity contribution in [1.29, 1.82) is 0 Å². The van der Waals surface area contributed by atoms with Gasteiger partial charge in [0.1, 0.15) is 0 Å². The molecule has 1 fully saturated rings. The van der Waals surface area contributed by atoms with Gasteiger partial charge in [0.25, 0.3) is 0 Å². The zero-order valence-corrected chi connectivity index (χ0v) is 17.7. The summed E-state index contributed by atoms with van der Waals surface area (Å²) in [6.07, 6.45) is 4.95. The van der Waals surface area contributed by atoms with Gasteiger partial charge < -0.3 is 15.8 Å². The lowest BCUT2D eigenvalue weighted by Crippen LogP contribution is -2.40. The Balaban J connectivity index is 0.00000288. The first kappa shape index (κ1) is 21.7. The molecule has 7 heteroatoms. The van der Waals surface area contributed by atoms with Gasteiger partial charge in [-0.2, -0.15) is 0 Å². The quantitative estimate of drug-likeness (QED) is 0.254. The molecule has 1 unspecified atom stereocenters. The van der Waals surface area contributed by atoms with Crippen LogP contribution in [-0.4, -0.2) is 50.3 Å². The number of hydrogen-bond donors (Lipinski definition) is 2. The number of nitrogens with two attached hydrogens (primary N) is 1. The largest absolute Gasteiger partial charge is 0.379 e. The van der Waals surface area contributed by atoms with Gasteiger partial charge in [0.2, 0.25) is 0 Å². The van der Waals surface area contributed by atoms with E-state index in [1.807, 2.05) is 0 Å². The third-order valence-electron chi connectivity index (χ3n) is 4.13. The summed E-state index contributed by atoms with van der Waals surface area (Å²) < 4.78 is 5.47. The van der Waals surface area contributed by atoms with Crippen LogP contribution in [-0.2, 0) is 4.74 Å². The van der Waals surface area contributed by atoms with E-state index in [2.05, 4.69) is 39.6 Å². The molecule has 138 valence electrons. The van der Waals surface area contributed by atoms with Crippen molar-refractivity contribution in [2.75, 3.05) is 39.4 Å². The van der Waals surface area contributed by atoms with Crippen LogP contribution in [0.25, 0.3) is 0 Å². The highest BCUT2D eigenvalue weighted by atomic mass is 127. The number of morpholine rings is 1. The minimum absolute atomic E-state index is 0. The Morgan fingerprint density at radius 2 is 2.17 bits per heavy atom. The van der Waals surface area contributed by atoms with Gasteiger partial charge in [0, 0.05) is 24.5 Å². The van der Waals surface area contributed by atoms with Crippen LogP contribution in [0.3, 0.4) is 0 Å². The molecule has 0 aromatic carbocycles. The monoisotopic (exact) mass is 466 g/mol. The van der Waals surface area contributed by atoms with Gasteiger partial charge in [-0.1, -0.05) is 32.3 Å². The molecule has 1 saturated heterocycles. The molecular formula is C17H31IN4OS. The molecule has 0 aliphatic carbocycles. The normalized spacial score (nSPS) is 17.3. The van der Waals surface area contributed by atoms with E-state index in [1.165, 1.54) is 24.1 Å². The molecule has 5 nitrogen and oxygen atoms in total. The molecule has 24 heavy (non-hydrogen) atoms. The van der Waals surface area contributed by atoms with Crippen molar-refractivity contribution in [1.82, 2.24) is 10.2 Å². The van der Waals surface area contributed by atoms with Gasteiger partial charge in [0.05, 0.1) is 25.8 Å². The summed E-state index contributed by atoms with van der Waals surface area (Å²) in [5, 5.41) is 5.36. The average Bonchev–Trinajstić information content (AvgIpc) is 3.10. The molecule has 1 aromatic heterocycles. The number of halogens is 1. The van der Waals surface area contributed by atoms with Crippen LogP contribution in [0.4, 0.5) is 0 Å². The van der Waals surface area contributed by atoms with E-state index in [-0.39, 0.29) is 24.0 Å². The van der Waals surface area contributed by atoms with Crippen LogP contribution in [0.1, 0.15) is 43.5 Å². The van der Waals surface area contributed by atoms with Crippen LogP contribution < -0.4 is 11.1 Å². The number of nitrogens with one attached hydrogen (secondary N) is 1. The van der Waals surface area contributed by atoms with Crippen molar-refractivity contribution in [2.45, 2.75) is 38.6 Å². The fourth-order valence-corrected chi connectivity index (χ4v) is 3.62. The minimum Gasteiger partial charge on any atom is -0.379 e. The molecule has 2 rings (SSSR count). The van der Waals surface area contributed by atoms with Crippen molar-refractivity contribution < 1.29 is 4.74 Å². The summed E-state index contributed by atoms with van der Waals surface area (Å²) in [5.41, 5.74) is 6.02. The predicted octanol–water partition coefficient (Wildman–Crippen LogP) is 3.22. The molecule has 0 radical (unpaired) electrons. The third kappa shape index (κ3) is 7.67. The average molecular weight is 466 g/mol. The van der Waals surface area contributed by atoms with Gasteiger partial charge in [-0.15, -0.1) is 35.3 Å². The second-order valence-electron chi connectivity index (χ2n) is 5.89. The highest BCUT2D eigenvalue weighted by molar-refractivity contribution is 14.0. The first-order valence-electron chi connectivity index (χ1n) is 8.70. The van der Waals surface area contributed by atoms with Gasteiger partial charge in [-0.05, 0) is 17.9 Å². The molecule has 0 saturated carbocycles. The van der Waals surface area contributed by atoms with E-state index in [9.17, 15) is 0 Å². The summed E-state index contributed by atoms with van der Waals surface area (Å²) in [4.78, 5) is 8.39. The summed E-state index contributed by atoms with van der Waals surface area (Å²) in [7, 11) is 0. The number of nitrogens with zero attached hydrogens (tertiary/aromatic N) is 2. The van der Waals surface area contributed by atoms with Crippen LogP contribution in [0.5, 0.6) is 0 Å². The van der Waals surface area contributed by atoms with Crippen molar-refractivity contribution in [3.05, 3.63) is 22.4 Å². The fraction of sp³-hybridized carbons (Fsp3) is 0.706. The molecule has 1 aliphatic heterocycles. The van der Waals surface area contributed by atoms with E-state index < -0.39 is 0 Å². The van der Waals surface area contributed by atoms with Crippen LogP contribution in [0.2, 0.25) is 0 Å². The summed E-state index contributed by atoms with van der Waals surface area (Å²) >= 11 is 1.79. The molecule has 0 amide bonds. The summed E-state index contributed by atoms with van der Waals surface area (Å²) in [6, 6.07) is 4.60. The molecule has 0 bridgehead atoms. The number of unbranched alkanes of at least 4 members (excludes halogenated alkanes) is 3. The second kappa shape index (κ2) is 12.9. The van der Waals surface area contributed by atoms with Crippen molar-refractivity contribution in [3.63, 3.8) is 0 Å². The van der Waals surface area contributed by atoms with Crippen molar-refractivity contribution in [3.8, 4) is 0 Å². The maximum Gasteiger partial charge on any atom is 0.188 e.